The molecular weight excluding hydrogens is 358 g/mol. The molecule has 2 atom stereocenters. The minimum atomic E-state index is -0.0762. The van der Waals surface area contributed by atoms with Crippen molar-refractivity contribution in [1.82, 2.24) is 15.2 Å². The average molecular weight is 388 g/mol. The molecule has 0 bridgehead atoms. The van der Waals surface area contributed by atoms with E-state index in [1.807, 2.05) is 25.7 Å². The average Bonchev–Trinajstić information content (AvgIpc) is 3.29. The molecule has 2 heterocycles. The van der Waals surface area contributed by atoms with Crippen LogP contribution in [-0.4, -0.2) is 41.7 Å². The molecule has 1 saturated heterocycles. The number of hydrogen-bond acceptors (Lipinski definition) is 4. The van der Waals surface area contributed by atoms with Crippen LogP contribution in [0.3, 0.4) is 0 Å². The summed E-state index contributed by atoms with van der Waals surface area (Å²) in [6, 6.07) is 8.28. The van der Waals surface area contributed by atoms with Gasteiger partial charge >= 0.3 is 6.03 Å². The monoisotopic (exact) mass is 387 g/mol. The predicted octanol–water partition coefficient (Wildman–Crippen LogP) is 4.70. The number of benzene rings is 1. The van der Waals surface area contributed by atoms with E-state index in [2.05, 4.69) is 36.5 Å². The second-order valence-electron chi connectivity index (χ2n) is 7.18. The molecule has 6 heteroatoms. The maximum Gasteiger partial charge on any atom is 0.317 e. The number of hydrogen-bond donors (Lipinski definition) is 1. The summed E-state index contributed by atoms with van der Waals surface area (Å²) in [5.74, 6) is 0. The molecule has 1 aromatic heterocycles. The largest absolute Gasteiger partial charge is 0.376 e. The van der Waals surface area contributed by atoms with Crippen LogP contribution in [0.1, 0.15) is 48.9 Å². The van der Waals surface area contributed by atoms with Gasteiger partial charge in [-0.2, -0.15) is 0 Å². The Bertz CT molecular complexity index is 766. The highest BCUT2D eigenvalue weighted by atomic mass is 32.1. The summed E-state index contributed by atoms with van der Waals surface area (Å²) in [7, 11) is 0. The van der Waals surface area contributed by atoms with Crippen LogP contribution < -0.4 is 5.32 Å². The van der Waals surface area contributed by atoms with Gasteiger partial charge in [0.15, 0.2) is 0 Å². The van der Waals surface area contributed by atoms with Gasteiger partial charge in [-0.25, -0.2) is 9.78 Å². The van der Waals surface area contributed by atoms with Crippen LogP contribution in [0.5, 0.6) is 0 Å². The quantitative estimate of drug-likeness (QED) is 0.782. The minimum Gasteiger partial charge on any atom is -0.376 e. The van der Waals surface area contributed by atoms with Crippen molar-refractivity contribution in [2.45, 2.75) is 52.7 Å². The van der Waals surface area contributed by atoms with Crippen LogP contribution in [0, 0.1) is 13.8 Å². The molecular formula is C21H29N3O2S. The number of ether oxygens (including phenoxy) is 1. The van der Waals surface area contributed by atoms with E-state index in [1.165, 1.54) is 5.56 Å². The zero-order valence-electron chi connectivity index (χ0n) is 16.6. The summed E-state index contributed by atoms with van der Waals surface area (Å²) in [6.07, 6.45) is 2.29. The Morgan fingerprint density at radius 3 is 2.74 bits per heavy atom. The number of aromatic nitrogens is 1. The van der Waals surface area contributed by atoms with Gasteiger partial charge in [-0.15, -0.1) is 11.3 Å². The zero-order chi connectivity index (χ0) is 19.4. The first kappa shape index (κ1) is 19.8. The van der Waals surface area contributed by atoms with E-state index >= 15 is 0 Å². The highest BCUT2D eigenvalue weighted by Gasteiger charge is 2.24. The minimum absolute atomic E-state index is 0.0369. The molecule has 2 unspecified atom stereocenters. The van der Waals surface area contributed by atoms with Crippen LogP contribution in [-0.2, 0) is 4.74 Å². The number of nitrogens with zero attached hydrogens (tertiary/aromatic N) is 2. The van der Waals surface area contributed by atoms with E-state index in [0.29, 0.717) is 13.1 Å². The third-order valence-electron chi connectivity index (χ3n) is 4.98. The lowest BCUT2D eigenvalue weighted by molar-refractivity contribution is 0.0822. The second kappa shape index (κ2) is 8.85. The Kier molecular flexibility index (Phi) is 6.50. The van der Waals surface area contributed by atoms with Crippen LogP contribution in [0.4, 0.5) is 4.79 Å². The second-order valence-corrected chi connectivity index (χ2v) is 8.21. The smallest absolute Gasteiger partial charge is 0.317 e. The summed E-state index contributed by atoms with van der Waals surface area (Å²) in [5, 5.41) is 4.13. The Morgan fingerprint density at radius 2 is 2.11 bits per heavy atom. The van der Waals surface area contributed by atoms with Crippen molar-refractivity contribution >= 4 is 17.4 Å². The van der Waals surface area contributed by atoms with Crippen molar-refractivity contribution in [2.24, 2.45) is 0 Å². The lowest BCUT2D eigenvalue weighted by Crippen LogP contribution is -2.44. The summed E-state index contributed by atoms with van der Waals surface area (Å²) < 4.78 is 5.68. The van der Waals surface area contributed by atoms with Crippen molar-refractivity contribution in [1.29, 1.82) is 0 Å². The van der Waals surface area contributed by atoms with Gasteiger partial charge in [0.2, 0.25) is 0 Å². The number of rotatable bonds is 6. The predicted molar refractivity (Wildman–Crippen MR) is 110 cm³/mol. The third kappa shape index (κ3) is 4.87. The summed E-state index contributed by atoms with van der Waals surface area (Å²) in [6.45, 7) is 10.3. The molecule has 0 saturated carbocycles. The molecule has 1 aliphatic heterocycles. The number of urea groups is 1. The summed E-state index contributed by atoms with van der Waals surface area (Å²) in [4.78, 5) is 20.4. The van der Waals surface area contributed by atoms with E-state index in [9.17, 15) is 4.79 Å². The van der Waals surface area contributed by atoms with E-state index in [0.717, 1.165) is 40.6 Å². The number of carbonyl (C=O) groups excluding carboxylic acids is 1. The molecule has 1 aliphatic rings. The highest BCUT2D eigenvalue weighted by Crippen LogP contribution is 2.32. The van der Waals surface area contributed by atoms with Gasteiger partial charge in [0.1, 0.15) is 5.01 Å². The maximum atomic E-state index is 12.7. The fourth-order valence-electron chi connectivity index (χ4n) is 3.36. The summed E-state index contributed by atoms with van der Waals surface area (Å²) >= 11 is 1.65. The molecule has 5 nitrogen and oxygen atoms in total. The highest BCUT2D eigenvalue weighted by molar-refractivity contribution is 7.15. The van der Waals surface area contributed by atoms with Gasteiger partial charge < -0.3 is 15.0 Å². The van der Waals surface area contributed by atoms with Crippen LogP contribution >= 0.6 is 11.3 Å². The number of nitrogens with one attached hydrogen (secondary N) is 1. The van der Waals surface area contributed by atoms with Crippen molar-refractivity contribution in [3.8, 4) is 10.6 Å². The Morgan fingerprint density at radius 1 is 1.37 bits per heavy atom. The normalized spacial score (nSPS) is 17.7. The number of thiazole rings is 1. The molecule has 2 amide bonds. The van der Waals surface area contributed by atoms with Crippen LogP contribution in [0.2, 0.25) is 0 Å². The Hall–Kier alpha value is -1.92. The third-order valence-corrected chi connectivity index (χ3v) is 6.37. The first-order valence-electron chi connectivity index (χ1n) is 9.69. The molecule has 2 aromatic rings. The molecule has 1 fully saturated rings. The number of amides is 2. The van der Waals surface area contributed by atoms with Gasteiger partial charge in [0.05, 0.1) is 22.7 Å². The Labute approximate surface area is 165 Å². The van der Waals surface area contributed by atoms with Crippen molar-refractivity contribution < 1.29 is 9.53 Å². The van der Waals surface area contributed by atoms with Crippen molar-refractivity contribution in [3.63, 3.8) is 0 Å². The Balaban J connectivity index is 1.66. The van der Waals surface area contributed by atoms with Gasteiger partial charge in [-0.1, -0.05) is 29.8 Å². The number of carbonyl (C=O) groups is 1. The number of aryl methyl sites for hydroxylation is 2. The molecule has 146 valence electrons. The fraction of sp³-hybridized carbons (Fsp3) is 0.524. The van der Waals surface area contributed by atoms with Gasteiger partial charge in [0.25, 0.3) is 0 Å². The van der Waals surface area contributed by atoms with Gasteiger partial charge in [0, 0.05) is 25.3 Å². The molecule has 1 aromatic carbocycles. The SMILES string of the molecule is CCN(CC1CCCO1)C(=O)NC(C)c1sc(-c2ccc(C)cc2)nc1C. The first-order valence-corrected chi connectivity index (χ1v) is 10.5. The molecule has 1 N–H and O–H groups in total. The molecule has 0 aliphatic carbocycles. The maximum absolute atomic E-state index is 12.7. The molecule has 0 spiro atoms. The standard InChI is InChI=1S/C21H29N3O2S/c1-5-24(13-18-7-6-12-26-18)21(25)23-16(4)19-15(3)22-20(27-19)17-10-8-14(2)9-11-17/h8-11,16,18H,5-7,12-13H2,1-4H3,(H,23,25). The molecule has 0 radical (unpaired) electrons. The lowest BCUT2D eigenvalue weighted by Gasteiger charge is -2.26. The van der Waals surface area contributed by atoms with Crippen LogP contribution in [0.15, 0.2) is 24.3 Å². The van der Waals surface area contributed by atoms with Crippen LogP contribution in [0.25, 0.3) is 10.6 Å². The van der Waals surface area contributed by atoms with E-state index in [-0.39, 0.29) is 18.2 Å². The number of likely N-dealkylation sites (N-methyl/N-ethyl adjacent to an activating group) is 1. The zero-order valence-corrected chi connectivity index (χ0v) is 17.4. The van der Waals surface area contributed by atoms with Crippen molar-refractivity contribution in [3.05, 3.63) is 40.4 Å². The van der Waals surface area contributed by atoms with Crippen molar-refractivity contribution in [2.75, 3.05) is 19.7 Å². The first-order chi connectivity index (χ1) is 13.0. The van der Waals surface area contributed by atoms with E-state index < -0.39 is 0 Å². The van der Waals surface area contributed by atoms with Gasteiger partial charge in [-0.05, 0) is 40.5 Å². The van der Waals surface area contributed by atoms with E-state index in [1.54, 1.807) is 11.3 Å². The summed E-state index contributed by atoms with van der Waals surface area (Å²) in [5.41, 5.74) is 3.33. The fourth-order valence-corrected chi connectivity index (χ4v) is 4.44. The van der Waals surface area contributed by atoms with Gasteiger partial charge in [-0.3, -0.25) is 0 Å². The lowest BCUT2D eigenvalue weighted by atomic mass is 10.2. The van der Waals surface area contributed by atoms with E-state index in [4.69, 9.17) is 9.72 Å². The molecule has 27 heavy (non-hydrogen) atoms. The topological polar surface area (TPSA) is 54.5 Å². The molecule has 3 rings (SSSR count).